The van der Waals surface area contributed by atoms with E-state index in [1.807, 2.05) is 40.7 Å². The number of nitrogens with one attached hydrogen (secondary N) is 1. The summed E-state index contributed by atoms with van der Waals surface area (Å²) >= 11 is 1.37. The second-order valence-electron chi connectivity index (χ2n) is 6.11. The third-order valence-electron chi connectivity index (χ3n) is 2.92. The van der Waals surface area contributed by atoms with E-state index in [4.69, 9.17) is 0 Å². The highest BCUT2D eigenvalue weighted by Crippen LogP contribution is 2.26. The lowest BCUT2D eigenvalue weighted by Gasteiger charge is -2.24. The van der Waals surface area contributed by atoms with E-state index in [9.17, 15) is 8.42 Å². The number of nitrogens with zero attached hydrogens (tertiary/aromatic N) is 1. The van der Waals surface area contributed by atoms with Crippen molar-refractivity contribution in [2.45, 2.75) is 45.4 Å². The van der Waals surface area contributed by atoms with Gasteiger partial charge < -0.3 is 5.32 Å². The zero-order chi connectivity index (χ0) is 16.0. The van der Waals surface area contributed by atoms with Crippen LogP contribution in [0.2, 0.25) is 0 Å². The van der Waals surface area contributed by atoms with E-state index in [1.165, 1.54) is 11.3 Å². The molecule has 1 N–H and O–H groups in total. The average molecular weight is 333 g/mol. The first-order chi connectivity index (χ1) is 9.77. The minimum atomic E-state index is -3.37. The molecule has 122 valence electrons. The van der Waals surface area contributed by atoms with Crippen LogP contribution in [0.4, 0.5) is 0 Å². The van der Waals surface area contributed by atoms with Crippen molar-refractivity contribution < 1.29 is 8.42 Å². The lowest BCUT2D eigenvalue weighted by molar-refractivity contribution is 0.334. The lowest BCUT2D eigenvalue weighted by Crippen LogP contribution is -2.36. The zero-order valence-electron chi connectivity index (χ0n) is 13.7. The number of sulfonamides is 1. The maximum Gasteiger partial charge on any atom is 0.252 e. The van der Waals surface area contributed by atoms with Crippen molar-refractivity contribution in [2.75, 3.05) is 19.6 Å². The first kappa shape index (κ1) is 18.6. The molecule has 4 nitrogen and oxygen atoms in total. The van der Waals surface area contributed by atoms with Gasteiger partial charge in [-0.3, -0.25) is 0 Å². The van der Waals surface area contributed by atoms with Crippen LogP contribution in [0.1, 0.15) is 39.5 Å². The maximum atomic E-state index is 12.8. The lowest BCUT2D eigenvalue weighted by atomic mass is 10.2. The van der Waals surface area contributed by atoms with Gasteiger partial charge in [0.15, 0.2) is 0 Å². The fourth-order valence-corrected chi connectivity index (χ4v) is 5.30. The first-order valence-electron chi connectivity index (χ1n) is 7.57. The Hall–Kier alpha value is -0.430. The second-order valence-corrected chi connectivity index (χ2v) is 9.44. The molecule has 1 rings (SSSR count). The molecule has 1 aromatic heterocycles. The fourth-order valence-electron chi connectivity index (χ4n) is 2.05. The van der Waals surface area contributed by atoms with Gasteiger partial charge in [0.25, 0.3) is 10.0 Å². The Morgan fingerprint density at radius 1 is 1.14 bits per heavy atom. The van der Waals surface area contributed by atoms with Crippen LogP contribution in [0.3, 0.4) is 0 Å². The van der Waals surface area contributed by atoms with Gasteiger partial charge in [-0.15, -0.1) is 11.3 Å². The Bertz CT molecular complexity index is 512. The summed E-state index contributed by atoms with van der Waals surface area (Å²) in [6.07, 6.45) is 0. The third-order valence-corrected chi connectivity index (χ3v) is 6.30. The predicted molar refractivity (Wildman–Crippen MR) is 90.1 cm³/mol. The van der Waals surface area contributed by atoms with Gasteiger partial charge in [-0.2, -0.15) is 4.31 Å². The quantitative estimate of drug-likeness (QED) is 0.756. The van der Waals surface area contributed by atoms with Crippen molar-refractivity contribution in [1.29, 1.82) is 0 Å². The Balaban J connectivity index is 2.96. The van der Waals surface area contributed by atoms with E-state index in [2.05, 4.69) is 5.32 Å². The summed E-state index contributed by atoms with van der Waals surface area (Å²) in [5, 5.41) is 3.22. The highest BCUT2D eigenvalue weighted by Gasteiger charge is 2.27. The van der Waals surface area contributed by atoms with Crippen LogP contribution >= 0.6 is 11.3 Å². The summed E-state index contributed by atoms with van der Waals surface area (Å²) in [7, 11) is -3.37. The van der Waals surface area contributed by atoms with Crippen LogP contribution in [-0.4, -0.2) is 32.4 Å². The van der Waals surface area contributed by atoms with Gasteiger partial charge in [0.1, 0.15) is 4.21 Å². The molecule has 0 saturated heterocycles. The smallest absolute Gasteiger partial charge is 0.252 e. The van der Waals surface area contributed by atoms with E-state index in [0.717, 1.165) is 18.0 Å². The van der Waals surface area contributed by atoms with Gasteiger partial charge in [0, 0.05) is 24.5 Å². The molecule has 0 unspecified atom stereocenters. The molecule has 0 fully saturated rings. The van der Waals surface area contributed by atoms with Crippen LogP contribution in [0.5, 0.6) is 0 Å². The maximum absolute atomic E-state index is 12.8. The Labute approximate surface area is 133 Å². The Morgan fingerprint density at radius 3 is 2.19 bits per heavy atom. The molecule has 0 bridgehead atoms. The second kappa shape index (κ2) is 8.27. The van der Waals surface area contributed by atoms with E-state index in [-0.39, 0.29) is 0 Å². The van der Waals surface area contributed by atoms with Gasteiger partial charge in [0.2, 0.25) is 0 Å². The minimum absolute atomic E-state index is 0.319. The van der Waals surface area contributed by atoms with E-state index in [0.29, 0.717) is 29.1 Å². The molecule has 1 aromatic rings. The molecule has 1 heterocycles. The normalized spacial score (nSPS) is 12.8. The summed E-state index contributed by atoms with van der Waals surface area (Å²) in [5.74, 6) is 0.638. The van der Waals surface area contributed by atoms with E-state index < -0.39 is 10.0 Å². The van der Waals surface area contributed by atoms with Gasteiger partial charge >= 0.3 is 0 Å². The topological polar surface area (TPSA) is 49.4 Å². The number of rotatable bonds is 9. The summed E-state index contributed by atoms with van der Waals surface area (Å²) in [4.78, 5) is 1.06. The van der Waals surface area contributed by atoms with Crippen molar-refractivity contribution in [3.05, 3.63) is 17.0 Å². The number of thiophene rings is 1. The van der Waals surface area contributed by atoms with Crippen LogP contribution in [0, 0.1) is 11.8 Å². The minimum Gasteiger partial charge on any atom is -0.312 e. The van der Waals surface area contributed by atoms with Crippen molar-refractivity contribution in [3.63, 3.8) is 0 Å². The van der Waals surface area contributed by atoms with Crippen molar-refractivity contribution in [1.82, 2.24) is 9.62 Å². The highest BCUT2D eigenvalue weighted by atomic mass is 32.2. The molecule has 0 saturated carbocycles. The Kier molecular flexibility index (Phi) is 7.33. The van der Waals surface area contributed by atoms with Crippen LogP contribution < -0.4 is 5.32 Å². The predicted octanol–water partition coefficient (Wildman–Crippen LogP) is 3.16. The summed E-state index contributed by atoms with van der Waals surface area (Å²) in [6, 6.07) is 3.64. The average Bonchev–Trinajstić information content (AvgIpc) is 2.83. The molecule has 0 amide bonds. The highest BCUT2D eigenvalue weighted by molar-refractivity contribution is 7.91. The van der Waals surface area contributed by atoms with Gasteiger partial charge in [0.05, 0.1) is 0 Å². The van der Waals surface area contributed by atoms with Crippen molar-refractivity contribution >= 4 is 21.4 Å². The molecule has 0 aromatic carbocycles. The van der Waals surface area contributed by atoms with Crippen molar-refractivity contribution in [2.24, 2.45) is 11.8 Å². The zero-order valence-corrected chi connectivity index (χ0v) is 15.4. The molecule has 0 radical (unpaired) electrons. The Morgan fingerprint density at radius 2 is 1.71 bits per heavy atom. The molecular formula is C15H28N2O2S2. The van der Waals surface area contributed by atoms with Crippen LogP contribution in [0.15, 0.2) is 16.3 Å². The molecule has 6 heteroatoms. The van der Waals surface area contributed by atoms with Crippen LogP contribution in [0.25, 0.3) is 0 Å². The number of hydrogen-bond donors (Lipinski definition) is 1. The van der Waals surface area contributed by atoms with Gasteiger partial charge in [-0.25, -0.2) is 8.42 Å². The molecule has 21 heavy (non-hydrogen) atoms. The van der Waals surface area contributed by atoms with E-state index in [1.54, 1.807) is 10.4 Å². The van der Waals surface area contributed by atoms with E-state index >= 15 is 0 Å². The molecular weight excluding hydrogens is 304 g/mol. The standard InChI is InChI=1S/C15H28N2O2S2/c1-6-16-9-14-7-8-15(20-14)21(18,19)17(10-12(2)3)11-13(4)5/h7-8,12-13,16H,6,9-11H2,1-5H3. The summed E-state index contributed by atoms with van der Waals surface area (Å²) < 4.78 is 27.7. The molecule has 0 aliphatic carbocycles. The molecule has 0 spiro atoms. The molecule has 0 aliphatic rings. The fraction of sp³-hybridized carbons (Fsp3) is 0.733. The van der Waals surface area contributed by atoms with Gasteiger partial charge in [-0.05, 0) is 30.5 Å². The summed E-state index contributed by atoms with van der Waals surface area (Å²) in [5.41, 5.74) is 0. The SMILES string of the molecule is CCNCc1ccc(S(=O)(=O)N(CC(C)C)CC(C)C)s1. The summed E-state index contributed by atoms with van der Waals surface area (Å²) in [6.45, 7) is 13.0. The number of hydrogen-bond acceptors (Lipinski definition) is 4. The third kappa shape index (κ3) is 5.70. The van der Waals surface area contributed by atoms with Crippen LogP contribution in [-0.2, 0) is 16.6 Å². The van der Waals surface area contributed by atoms with Crippen molar-refractivity contribution in [3.8, 4) is 0 Å². The van der Waals surface area contributed by atoms with Gasteiger partial charge in [-0.1, -0.05) is 34.6 Å². The monoisotopic (exact) mass is 332 g/mol. The molecule has 0 atom stereocenters. The first-order valence-corrected chi connectivity index (χ1v) is 9.82. The largest absolute Gasteiger partial charge is 0.312 e. The molecule has 0 aliphatic heterocycles.